The molecule has 2 aromatic rings. The highest BCUT2D eigenvalue weighted by molar-refractivity contribution is 7.92. The number of esters is 1. The average Bonchev–Trinajstić information content (AvgIpc) is 2.71. The summed E-state index contributed by atoms with van der Waals surface area (Å²) in [6, 6.07) is 10.5. The lowest BCUT2D eigenvalue weighted by molar-refractivity contribution is -0.123. The fourth-order valence-electron chi connectivity index (χ4n) is 2.26. The van der Waals surface area contributed by atoms with Crippen LogP contribution in [0.3, 0.4) is 0 Å². The Bertz CT molecular complexity index is 1020. The Morgan fingerprint density at radius 3 is 2.34 bits per heavy atom. The van der Waals surface area contributed by atoms with Crippen LogP contribution in [0.2, 0.25) is 0 Å². The van der Waals surface area contributed by atoms with Gasteiger partial charge in [-0.1, -0.05) is 6.07 Å². The van der Waals surface area contributed by atoms with Gasteiger partial charge in [0.05, 0.1) is 23.3 Å². The van der Waals surface area contributed by atoms with Crippen LogP contribution in [-0.2, 0) is 19.6 Å². The van der Waals surface area contributed by atoms with Gasteiger partial charge in [-0.3, -0.25) is 14.4 Å². The van der Waals surface area contributed by atoms with Crippen LogP contribution in [0, 0.1) is 0 Å². The fraction of sp³-hybridized carbons (Fsp3) is 0.167. The molecule has 29 heavy (non-hydrogen) atoms. The van der Waals surface area contributed by atoms with E-state index < -0.39 is 34.5 Å². The van der Waals surface area contributed by atoms with E-state index in [0.717, 1.165) is 10.4 Å². The molecule has 3 amide bonds. The Hall–Kier alpha value is -3.60. The fourth-order valence-corrected chi connectivity index (χ4v) is 3.50. The van der Waals surface area contributed by atoms with Crippen LogP contribution in [0.5, 0.6) is 5.75 Å². The zero-order valence-corrected chi connectivity index (χ0v) is 16.4. The lowest BCUT2D eigenvalue weighted by Gasteiger charge is -2.20. The van der Waals surface area contributed by atoms with E-state index in [1.807, 2.05) is 0 Å². The van der Waals surface area contributed by atoms with Crippen molar-refractivity contribution in [2.24, 2.45) is 5.73 Å². The lowest BCUT2D eigenvalue weighted by atomic mass is 10.2. The van der Waals surface area contributed by atoms with Crippen molar-refractivity contribution in [3.63, 3.8) is 0 Å². The van der Waals surface area contributed by atoms with Crippen molar-refractivity contribution in [3.8, 4) is 5.75 Å². The summed E-state index contributed by atoms with van der Waals surface area (Å²) in [5.41, 5.74) is 5.09. The first-order valence-electron chi connectivity index (χ1n) is 8.14. The molecule has 0 aromatic heterocycles. The zero-order chi connectivity index (χ0) is 21.6. The van der Waals surface area contributed by atoms with Crippen molar-refractivity contribution in [2.45, 2.75) is 4.90 Å². The third-order valence-corrected chi connectivity index (χ3v) is 5.54. The molecule has 154 valence electrons. The smallest absolute Gasteiger partial charge is 0.338 e. The second kappa shape index (κ2) is 9.06. The third-order valence-electron chi connectivity index (χ3n) is 3.76. The lowest BCUT2D eigenvalue weighted by Crippen LogP contribution is -2.37. The molecule has 0 aliphatic heterocycles. The van der Waals surface area contributed by atoms with Crippen LogP contribution in [-0.4, -0.2) is 47.1 Å². The number of carbonyl (C=O) groups excluding carboxylic acids is 3. The predicted octanol–water partition coefficient (Wildman–Crippen LogP) is 0.872. The van der Waals surface area contributed by atoms with E-state index in [1.165, 1.54) is 32.4 Å². The van der Waals surface area contributed by atoms with Crippen LogP contribution in [0.1, 0.15) is 10.4 Å². The SMILES string of the molecule is COc1ccc(N(C)S(=O)(=O)c2cccc(C(=O)OCC(=O)NC(N)=O)c2)cc1. The van der Waals surface area contributed by atoms with Gasteiger partial charge in [0, 0.05) is 7.05 Å². The molecule has 0 fully saturated rings. The first kappa shape index (κ1) is 21.7. The van der Waals surface area contributed by atoms with E-state index in [-0.39, 0.29) is 10.5 Å². The second-order valence-electron chi connectivity index (χ2n) is 5.69. The molecule has 0 bridgehead atoms. The largest absolute Gasteiger partial charge is 0.497 e. The first-order valence-corrected chi connectivity index (χ1v) is 9.58. The van der Waals surface area contributed by atoms with Crippen molar-refractivity contribution in [2.75, 3.05) is 25.1 Å². The predicted molar refractivity (Wildman–Crippen MR) is 103 cm³/mol. The Morgan fingerprint density at radius 2 is 1.76 bits per heavy atom. The van der Waals surface area contributed by atoms with E-state index in [0.29, 0.717) is 11.4 Å². The van der Waals surface area contributed by atoms with E-state index >= 15 is 0 Å². The van der Waals surface area contributed by atoms with Crippen molar-refractivity contribution in [1.29, 1.82) is 0 Å². The molecule has 0 radical (unpaired) electrons. The summed E-state index contributed by atoms with van der Waals surface area (Å²) >= 11 is 0. The third kappa shape index (κ3) is 5.45. The molecule has 2 rings (SSSR count). The van der Waals surface area contributed by atoms with Gasteiger partial charge in [0.25, 0.3) is 15.9 Å². The van der Waals surface area contributed by atoms with Crippen molar-refractivity contribution in [1.82, 2.24) is 5.32 Å². The maximum atomic E-state index is 12.9. The van der Waals surface area contributed by atoms with E-state index in [1.54, 1.807) is 29.6 Å². The summed E-state index contributed by atoms with van der Waals surface area (Å²) in [6.07, 6.45) is 0. The molecule has 0 saturated heterocycles. The molecule has 0 heterocycles. The van der Waals surface area contributed by atoms with Crippen LogP contribution >= 0.6 is 0 Å². The number of imide groups is 1. The number of methoxy groups -OCH3 is 1. The number of rotatable bonds is 7. The summed E-state index contributed by atoms with van der Waals surface area (Å²) in [6.45, 7) is -0.746. The number of amides is 3. The maximum absolute atomic E-state index is 12.9. The number of sulfonamides is 1. The van der Waals surface area contributed by atoms with Gasteiger partial charge >= 0.3 is 12.0 Å². The van der Waals surface area contributed by atoms with E-state index in [4.69, 9.17) is 15.2 Å². The molecule has 3 N–H and O–H groups in total. The van der Waals surface area contributed by atoms with Gasteiger partial charge in [-0.15, -0.1) is 0 Å². The van der Waals surface area contributed by atoms with Crippen molar-refractivity contribution >= 4 is 33.6 Å². The number of nitrogens with two attached hydrogens (primary N) is 1. The second-order valence-corrected chi connectivity index (χ2v) is 7.66. The van der Waals surface area contributed by atoms with Gasteiger partial charge in [-0.05, 0) is 42.5 Å². The number of nitrogens with one attached hydrogen (secondary N) is 1. The van der Waals surface area contributed by atoms with E-state index in [2.05, 4.69) is 0 Å². The summed E-state index contributed by atoms with van der Waals surface area (Å²) in [5, 5.41) is 1.74. The van der Waals surface area contributed by atoms with Crippen LogP contribution in [0.15, 0.2) is 53.4 Å². The minimum absolute atomic E-state index is 0.0823. The minimum Gasteiger partial charge on any atom is -0.497 e. The van der Waals surface area contributed by atoms with Gasteiger partial charge in [0.1, 0.15) is 5.75 Å². The topological polar surface area (TPSA) is 145 Å². The summed E-state index contributed by atoms with van der Waals surface area (Å²) < 4.78 is 36.6. The molecule has 11 heteroatoms. The molecular formula is C18H19N3O7S. The first-order chi connectivity index (χ1) is 13.6. The number of primary amides is 1. The molecule has 0 saturated carbocycles. The number of hydrogen-bond donors (Lipinski definition) is 2. The number of ether oxygens (including phenoxy) is 2. The average molecular weight is 421 g/mol. The number of hydrogen-bond acceptors (Lipinski definition) is 7. The molecule has 0 aliphatic carbocycles. The molecule has 0 atom stereocenters. The molecule has 0 unspecified atom stereocenters. The number of urea groups is 1. The standard InChI is InChI=1S/C18H19N3O7S/c1-21(13-6-8-14(27-2)9-7-13)29(25,26)15-5-3-4-12(10-15)17(23)28-11-16(22)20-18(19)24/h3-10H,11H2,1-2H3,(H3,19,20,22,24). The molecule has 0 aliphatic rings. The van der Waals surface area contributed by atoms with Gasteiger partial charge < -0.3 is 15.2 Å². The van der Waals surface area contributed by atoms with Gasteiger partial charge in [-0.25, -0.2) is 18.0 Å². The molecular weight excluding hydrogens is 402 g/mol. The van der Waals surface area contributed by atoms with Crippen molar-refractivity contribution in [3.05, 3.63) is 54.1 Å². The Morgan fingerprint density at radius 1 is 1.10 bits per heavy atom. The highest BCUT2D eigenvalue weighted by atomic mass is 32.2. The van der Waals surface area contributed by atoms with Gasteiger partial charge in [-0.2, -0.15) is 0 Å². The normalized spacial score (nSPS) is 10.7. The van der Waals surface area contributed by atoms with Crippen LogP contribution in [0.25, 0.3) is 0 Å². The Balaban J connectivity index is 2.18. The number of anilines is 1. The Kier molecular flexibility index (Phi) is 6.78. The molecule has 10 nitrogen and oxygen atoms in total. The van der Waals surface area contributed by atoms with Gasteiger partial charge in [0.15, 0.2) is 6.61 Å². The van der Waals surface area contributed by atoms with Crippen LogP contribution in [0.4, 0.5) is 10.5 Å². The maximum Gasteiger partial charge on any atom is 0.338 e. The minimum atomic E-state index is -3.97. The number of nitrogens with zero attached hydrogens (tertiary/aromatic N) is 1. The van der Waals surface area contributed by atoms with E-state index in [9.17, 15) is 22.8 Å². The highest BCUT2D eigenvalue weighted by Gasteiger charge is 2.23. The Labute approximate surface area is 167 Å². The summed E-state index contributed by atoms with van der Waals surface area (Å²) in [7, 11) is -1.10. The zero-order valence-electron chi connectivity index (χ0n) is 15.6. The monoisotopic (exact) mass is 421 g/mol. The molecule has 2 aromatic carbocycles. The number of benzene rings is 2. The quantitative estimate of drug-likeness (QED) is 0.631. The highest BCUT2D eigenvalue weighted by Crippen LogP contribution is 2.24. The van der Waals surface area contributed by atoms with Crippen molar-refractivity contribution < 1.29 is 32.3 Å². The summed E-state index contributed by atoms with van der Waals surface area (Å²) in [5.74, 6) is -1.27. The molecule has 0 spiro atoms. The number of carbonyl (C=O) groups is 3. The summed E-state index contributed by atoms with van der Waals surface area (Å²) in [4.78, 5) is 33.8. The van der Waals surface area contributed by atoms with Gasteiger partial charge in [0.2, 0.25) is 0 Å². The van der Waals surface area contributed by atoms with Crippen LogP contribution < -0.4 is 20.1 Å².